The van der Waals surface area contributed by atoms with Gasteiger partial charge in [0.1, 0.15) is 0 Å². The summed E-state index contributed by atoms with van der Waals surface area (Å²) in [6, 6.07) is 0. The predicted molar refractivity (Wildman–Crippen MR) is 64.1 cm³/mol. The molecule has 0 aromatic rings. The van der Waals surface area contributed by atoms with Gasteiger partial charge < -0.3 is 15.2 Å². The van der Waals surface area contributed by atoms with Crippen LogP contribution in [0.1, 0.15) is 47.0 Å². The zero-order valence-electron chi connectivity index (χ0n) is 10.7. The van der Waals surface area contributed by atoms with E-state index in [0.29, 0.717) is 13.2 Å². The van der Waals surface area contributed by atoms with Crippen LogP contribution in [0.5, 0.6) is 0 Å². The van der Waals surface area contributed by atoms with Crippen LogP contribution < -0.4 is 5.32 Å². The Hall–Kier alpha value is -0.120. The largest absolute Gasteiger partial charge is 0.386 e. The number of hydrogen-bond acceptors (Lipinski definition) is 3. The molecule has 0 fully saturated rings. The molecular formula is C12H27NO2. The molecular weight excluding hydrogens is 190 g/mol. The van der Waals surface area contributed by atoms with Crippen LogP contribution in [0, 0.1) is 0 Å². The molecule has 0 aliphatic rings. The zero-order chi connectivity index (χ0) is 11.7. The van der Waals surface area contributed by atoms with Gasteiger partial charge in [0.25, 0.3) is 0 Å². The molecule has 0 aliphatic carbocycles. The molecule has 0 aromatic carbocycles. The molecule has 0 bridgehead atoms. The number of nitrogens with one attached hydrogen (secondary N) is 1. The van der Waals surface area contributed by atoms with Crippen LogP contribution in [-0.4, -0.2) is 36.5 Å². The van der Waals surface area contributed by atoms with Crippen molar-refractivity contribution in [2.24, 2.45) is 0 Å². The molecule has 0 heterocycles. The summed E-state index contributed by atoms with van der Waals surface area (Å²) < 4.78 is 5.59. The van der Waals surface area contributed by atoms with Crippen molar-refractivity contribution in [3.8, 4) is 0 Å². The van der Waals surface area contributed by atoms with E-state index in [2.05, 4.69) is 26.1 Å². The Morgan fingerprint density at radius 3 is 2.53 bits per heavy atom. The van der Waals surface area contributed by atoms with Crippen molar-refractivity contribution in [2.75, 3.05) is 19.7 Å². The molecule has 0 aromatic heterocycles. The Bertz CT molecular complexity index is 149. The molecule has 0 saturated heterocycles. The monoisotopic (exact) mass is 217 g/mol. The molecule has 0 saturated carbocycles. The van der Waals surface area contributed by atoms with Gasteiger partial charge in [-0.05, 0) is 33.2 Å². The van der Waals surface area contributed by atoms with Gasteiger partial charge in [0.2, 0.25) is 0 Å². The topological polar surface area (TPSA) is 41.5 Å². The Balaban J connectivity index is 3.62. The summed E-state index contributed by atoms with van der Waals surface area (Å²) in [6.07, 6.45) is 3.51. The number of hydrogen-bond donors (Lipinski definition) is 2. The third-order valence-electron chi connectivity index (χ3n) is 2.31. The Kier molecular flexibility index (Phi) is 8.02. The van der Waals surface area contributed by atoms with Crippen LogP contribution >= 0.6 is 0 Å². The van der Waals surface area contributed by atoms with E-state index in [9.17, 15) is 5.11 Å². The summed E-state index contributed by atoms with van der Waals surface area (Å²) in [6.45, 7) is 10.1. The number of ether oxygens (including phenoxy) is 1. The van der Waals surface area contributed by atoms with Crippen LogP contribution in [0.4, 0.5) is 0 Å². The first-order valence-electron chi connectivity index (χ1n) is 6.06. The summed E-state index contributed by atoms with van der Waals surface area (Å²) in [5.74, 6) is 0. The van der Waals surface area contributed by atoms with Crippen LogP contribution in [0.3, 0.4) is 0 Å². The molecule has 3 heteroatoms. The third kappa shape index (κ3) is 8.85. The molecule has 0 aliphatic heterocycles. The van der Waals surface area contributed by atoms with E-state index in [4.69, 9.17) is 4.74 Å². The minimum absolute atomic E-state index is 0.243. The standard InChI is InChI=1S/C12H27NO2/c1-5-7-11(3)15-10-12(4,14)9-13-8-6-2/h11,13-14H,5-10H2,1-4H3. The van der Waals surface area contributed by atoms with E-state index in [0.717, 1.165) is 25.8 Å². The molecule has 0 amide bonds. The normalized spacial score (nSPS) is 17.4. The molecule has 0 rings (SSSR count). The minimum Gasteiger partial charge on any atom is -0.386 e. The van der Waals surface area contributed by atoms with Crippen molar-refractivity contribution < 1.29 is 9.84 Å². The number of aliphatic hydroxyl groups is 1. The maximum Gasteiger partial charge on any atom is 0.0975 e. The second kappa shape index (κ2) is 8.08. The van der Waals surface area contributed by atoms with Crippen LogP contribution in [0.2, 0.25) is 0 Å². The third-order valence-corrected chi connectivity index (χ3v) is 2.31. The molecule has 3 nitrogen and oxygen atoms in total. The SMILES string of the molecule is CCCNCC(C)(O)COC(C)CCC. The fraction of sp³-hybridized carbons (Fsp3) is 1.00. The Labute approximate surface area is 94.2 Å². The van der Waals surface area contributed by atoms with Crippen molar-refractivity contribution in [3.05, 3.63) is 0 Å². The van der Waals surface area contributed by atoms with Crippen molar-refractivity contribution >= 4 is 0 Å². The van der Waals surface area contributed by atoms with Crippen LogP contribution in [0.25, 0.3) is 0 Å². The molecule has 92 valence electrons. The first-order valence-corrected chi connectivity index (χ1v) is 6.06. The smallest absolute Gasteiger partial charge is 0.0975 e. The van der Waals surface area contributed by atoms with E-state index in [1.54, 1.807) is 0 Å². The van der Waals surface area contributed by atoms with E-state index in [1.165, 1.54) is 0 Å². The molecule has 0 spiro atoms. The maximum absolute atomic E-state index is 9.97. The molecule has 0 radical (unpaired) electrons. The minimum atomic E-state index is -0.753. The summed E-state index contributed by atoms with van der Waals surface area (Å²) in [4.78, 5) is 0. The Morgan fingerprint density at radius 2 is 2.00 bits per heavy atom. The predicted octanol–water partition coefficient (Wildman–Crippen LogP) is 1.94. The van der Waals surface area contributed by atoms with Gasteiger partial charge in [-0.2, -0.15) is 0 Å². The lowest BCUT2D eigenvalue weighted by molar-refractivity contribution is -0.0585. The van der Waals surface area contributed by atoms with Crippen molar-refractivity contribution in [2.45, 2.75) is 58.7 Å². The lowest BCUT2D eigenvalue weighted by atomic mass is 10.1. The molecule has 2 N–H and O–H groups in total. The quantitative estimate of drug-likeness (QED) is 0.580. The second-order valence-corrected chi connectivity index (χ2v) is 4.58. The fourth-order valence-corrected chi connectivity index (χ4v) is 1.40. The van der Waals surface area contributed by atoms with Crippen molar-refractivity contribution in [3.63, 3.8) is 0 Å². The Morgan fingerprint density at radius 1 is 1.33 bits per heavy atom. The summed E-state index contributed by atoms with van der Waals surface area (Å²) in [5.41, 5.74) is -0.753. The first-order chi connectivity index (χ1) is 7.02. The van der Waals surface area contributed by atoms with Gasteiger partial charge >= 0.3 is 0 Å². The highest BCUT2D eigenvalue weighted by molar-refractivity contribution is 4.75. The second-order valence-electron chi connectivity index (χ2n) is 4.58. The van der Waals surface area contributed by atoms with Crippen LogP contribution in [0.15, 0.2) is 0 Å². The average Bonchev–Trinajstić information content (AvgIpc) is 2.16. The summed E-state index contributed by atoms with van der Waals surface area (Å²) in [5, 5.41) is 13.2. The zero-order valence-corrected chi connectivity index (χ0v) is 10.7. The van der Waals surface area contributed by atoms with E-state index < -0.39 is 5.60 Å². The number of rotatable bonds is 9. The van der Waals surface area contributed by atoms with Gasteiger partial charge in [0, 0.05) is 6.54 Å². The lowest BCUT2D eigenvalue weighted by Gasteiger charge is -2.25. The first kappa shape index (κ1) is 14.9. The molecule has 15 heavy (non-hydrogen) atoms. The van der Waals surface area contributed by atoms with Gasteiger partial charge in [0.05, 0.1) is 18.3 Å². The molecule has 2 unspecified atom stereocenters. The average molecular weight is 217 g/mol. The van der Waals surface area contributed by atoms with Gasteiger partial charge in [-0.3, -0.25) is 0 Å². The van der Waals surface area contributed by atoms with E-state index in [1.807, 2.05) is 6.92 Å². The lowest BCUT2D eigenvalue weighted by Crippen LogP contribution is -2.42. The van der Waals surface area contributed by atoms with E-state index in [-0.39, 0.29) is 6.10 Å². The maximum atomic E-state index is 9.97. The fourth-order valence-electron chi connectivity index (χ4n) is 1.40. The summed E-state index contributed by atoms with van der Waals surface area (Å²) >= 11 is 0. The summed E-state index contributed by atoms with van der Waals surface area (Å²) in [7, 11) is 0. The van der Waals surface area contributed by atoms with Crippen molar-refractivity contribution in [1.82, 2.24) is 5.32 Å². The van der Waals surface area contributed by atoms with Gasteiger partial charge in [0.15, 0.2) is 0 Å². The van der Waals surface area contributed by atoms with Gasteiger partial charge in [-0.25, -0.2) is 0 Å². The van der Waals surface area contributed by atoms with Crippen molar-refractivity contribution in [1.29, 1.82) is 0 Å². The molecule has 2 atom stereocenters. The highest BCUT2D eigenvalue weighted by Crippen LogP contribution is 2.07. The van der Waals surface area contributed by atoms with Gasteiger partial charge in [-0.15, -0.1) is 0 Å². The van der Waals surface area contributed by atoms with Gasteiger partial charge in [-0.1, -0.05) is 20.3 Å². The van der Waals surface area contributed by atoms with E-state index >= 15 is 0 Å². The highest BCUT2D eigenvalue weighted by Gasteiger charge is 2.20. The highest BCUT2D eigenvalue weighted by atomic mass is 16.5. The van der Waals surface area contributed by atoms with Crippen LogP contribution in [-0.2, 0) is 4.74 Å².